The van der Waals surface area contributed by atoms with E-state index in [2.05, 4.69) is 13.8 Å². The number of ether oxygens (including phenoxy) is 1. The van der Waals surface area contributed by atoms with Gasteiger partial charge in [0.05, 0.1) is 6.61 Å². The predicted octanol–water partition coefficient (Wildman–Crippen LogP) is 2.09. The molecular weight excluding hydrogens is 178 g/mol. The van der Waals surface area contributed by atoms with Gasteiger partial charge >= 0.3 is 5.97 Å². The Labute approximate surface area is 87.0 Å². The van der Waals surface area contributed by atoms with E-state index in [4.69, 9.17) is 10.5 Å². The van der Waals surface area contributed by atoms with Crippen LogP contribution in [0.1, 0.15) is 46.0 Å². The van der Waals surface area contributed by atoms with Crippen LogP contribution in [0.15, 0.2) is 0 Å². The van der Waals surface area contributed by atoms with Gasteiger partial charge < -0.3 is 10.5 Å². The molecule has 3 nitrogen and oxygen atoms in total. The van der Waals surface area contributed by atoms with E-state index >= 15 is 0 Å². The van der Waals surface area contributed by atoms with E-state index in [1.165, 1.54) is 0 Å². The molecule has 0 radical (unpaired) electrons. The van der Waals surface area contributed by atoms with Crippen molar-refractivity contribution in [2.24, 2.45) is 11.7 Å². The van der Waals surface area contributed by atoms with E-state index in [0.29, 0.717) is 25.5 Å². The number of rotatable bonds is 8. The summed E-state index contributed by atoms with van der Waals surface area (Å²) in [6, 6.07) is 0. The number of carbonyl (C=O) groups excluding carboxylic acids is 1. The van der Waals surface area contributed by atoms with E-state index < -0.39 is 0 Å². The second-order valence-electron chi connectivity index (χ2n) is 3.80. The lowest BCUT2D eigenvalue weighted by molar-refractivity contribution is -0.144. The van der Waals surface area contributed by atoms with Gasteiger partial charge in [-0.3, -0.25) is 4.79 Å². The Morgan fingerprint density at radius 3 is 2.71 bits per heavy atom. The molecule has 1 unspecified atom stereocenters. The first-order chi connectivity index (χ1) is 6.70. The topological polar surface area (TPSA) is 52.3 Å². The molecule has 0 aromatic carbocycles. The lowest BCUT2D eigenvalue weighted by atomic mass is 10.0. The minimum Gasteiger partial charge on any atom is -0.466 e. The molecule has 0 aromatic heterocycles. The molecule has 0 spiro atoms. The predicted molar refractivity (Wildman–Crippen MR) is 57.9 cm³/mol. The van der Waals surface area contributed by atoms with Gasteiger partial charge in [0.1, 0.15) is 0 Å². The lowest BCUT2D eigenvalue weighted by Crippen LogP contribution is -2.10. The second-order valence-corrected chi connectivity index (χ2v) is 3.80. The largest absolute Gasteiger partial charge is 0.466 e. The molecule has 2 N–H and O–H groups in total. The van der Waals surface area contributed by atoms with Gasteiger partial charge in [0.2, 0.25) is 0 Å². The maximum Gasteiger partial charge on any atom is 0.305 e. The van der Waals surface area contributed by atoms with Crippen LogP contribution in [0.5, 0.6) is 0 Å². The summed E-state index contributed by atoms with van der Waals surface area (Å²) >= 11 is 0. The average molecular weight is 201 g/mol. The minimum absolute atomic E-state index is 0.0673. The molecule has 14 heavy (non-hydrogen) atoms. The summed E-state index contributed by atoms with van der Waals surface area (Å²) < 4.78 is 5.04. The highest BCUT2D eigenvalue weighted by atomic mass is 16.5. The molecule has 0 bridgehead atoms. The fourth-order valence-corrected chi connectivity index (χ4v) is 1.20. The van der Waals surface area contributed by atoms with Crippen LogP contribution >= 0.6 is 0 Å². The van der Waals surface area contributed by atoms with Crippen molar-refractivity contribution in [2.45, 2.75) is 46.0 Å². The van der Waals surface area contributed by atoms with Crippen LogP contribution in [-0.2, 0) is 9.53 Å². The molecule has 0 saturated heterocycles. The summed E-state index contributed by atoms with van der Waals surface area (Å²) in [5.74, 6) is 0.459. The molecule has 0 aliphatic rings. The molecular formula is C11H23NO2. The molecule has 0 fully saturated rings. The van der Waals surface area contributed by atoms with Crippen molar-refractivity contribution in [3.63, 3.8) is 0 Å². The Balaban J connectivity index is 3.34. The highest BCUT2D eigenvalue weighted by Gasteiger charge is 2.06. The maximum absolute atomic E-state index is 11.2. The maximum atomic E-state index is 11.2. The molecule has 84 valence electrons. The van der Waals surface area contributed by atoms with Crippen molar-refractivity contribution < 1.29 is 9.53 Å². The first-order valence-electron chi connectivity index (χ1n) is 5.56. The van der Waals surface area contributed by atoms with Gasteiger partial charge in [-0.2, -0.15) is 0 Å². The van der Waals surface area contributed by atoms with E-state index in [9.17, 15) is 4.79 Å². The lowest BCUT2D eigenvalue weighted by Gasteiger charge is -2.09. The fourth-order valence-electron chi connectivity index (χ4n) is 1.20. The van der Waals surface area contributed by atoms with Crippen molar-refractivity contribution in [3.05, 3.63) is 0 Å². The Morgan fingerprint density at radius 2 is 2.14 bits per heavy atom. The number of hydrogen-bond donors (Lipinski definition) is 1. The van der Waals surface area contributed by atoms with Crippen molar-refractivity contribution in [1.82, 2.24) is 0 Å². The number of esters is 1. The van der Waals surface area contributed by atoms with Crippen molar-refractivity contribution in [3.8, 4) is 0 Å². The standard InChI is InChI=1S/C11H23NO2/c1-3-4-9-14-11(13)6-5-10(2)7-8-12/h10H,3-9,12H2,1-2H3. The van der Waals surface area contributed by atoms with Gasteiger partial charge in [-0.05, 0) is 31.7 Å². The monoisotopic (exact) mass is 201 g/mol. The van der Waals surface area contributed by atoms with Gasteiger partial charge in [-0.15, -0.1) is 0 Å². The van der Waals surface area contributed by atoms with Crippen LogP contribution < -0.4 is 5.73 Å². The van der Waals surface area contributed by atoms with Crippen LogP contribution in [0.2, 0.25) is 0 Å². The second kappa shape index (κ2) is 9.00. The molecule has 0 amide bonds. The third-order valence-corrected chi connectivity index (χ3v) is 2.26. The Morgan fingerprint density at radius 1 is 1.43 bits per heavy atom. The van der Waals surface area contributed by atoms with Crippen molar-refractivity contribution in [1.29, 1.82) is 0 Å². The quantitative estimate of drug-likeness (QED) is 0.483. The van der Waals surface area contributed by atoms with Gasteiger partial charge in [0.25, 0.3) is 0 Å². The normalized spacial score (nSPS) is 12.5. The smallest absolute Gasteiger partial charge is 0.305 e. The fraction of sp³-hybridized carbons (Fsp3) is 0.909. The van der Waals surface area contributed by atoms with Gasteiger partial charge in [-0.25, -0.2) is 0 Å². The molecule has 0 heterocycles. The number of nitrogens with two attached hydrogens (primary N) is 1. The third kappa shape index (κ3) is 8.05. The zero-order chi connectivity index (χ0) is 10.8. The number of carbonyl (C=O) groups is 1. The van der Waals surface area contributed by atoms with E-state index in [0.717, 1.165) is 25.7 Å². The Bertz CT molecular complexity index is 148. The summed E-state index contributed by atoms with van der Waals surface area (Å²) in [7, 11) is 0. The summed E-state index contributed by atoms with van der Waals surface area (Å²) in [6.07, 6.45) is 4.44. The Hall–Kier alpha value is -0.570. The number of unbranched alkanes of at least 4 members (excludes halogenated alkanes) is 1. The van der Waals surface area contributed by atoms with Gasteiger partial charge in [0, 0.05) is 6.42 Å². The summed E-state index contributed by atoms with van der Waals surface area (Å²) in [5.41, 5.74) is 5.42. The number of hydrogen-bond acceptors (Lipinski definition) is 3. The average Bonchev–Trinajstić information content (AvgIpc) is 2.16. The molecule has 0 aliphatic carbocycles. The molecule has 0 aromatic rings. The van der Waals surface area contributed by atoms with Crippen molar-refractivity contribution in [2.75, 3.05) is 13.2 Å². The van der Waals surface area contributed by atoms with Crippen LogP contribution in [-0.4, -0.2) is 19.1 Å². The molecule has 3 heteroatoms. The SMILES string of the molecule is CCCCOC(=O)CCC(C)CCN. The first kappa shape index (κ1) is 13.4. The molecule has 0 rings (SSSR count). The Kier molecular flexibility index (Phi) is 8.64. The third-order valence-electron chi connectivity index (χ3n) is 2.26. The van der Waals surface area contributed by atoms with Crippen LogP contribution in [0, 0.1) is 5.92 Å². The van der Waals surface area contributed by atoms with Crippen LogP contribution in [0.4, 0.5) is 0 Å². The molecule has 1 atom stereocenters. The van der Waals surface area contributed by atoms with E-state index in [1.54, 1.807) is 0 Å². The molecule has 0 saturated carbocycles. The summed E-state index contributed by atoms with van der Waals surface area (Å²) in [6.45, 7) is 5.47. The summed E-state index contributed by atoms with van der Waals surface area (Å²) in [4.78, 5) is 11.2. The highest BCUT2D eigenvalue weighted by Crippen LogP contribution is 2.09. The van der Waals surface area contributed by atoms with E-state index in [1.807, 2.05) is 0 Å². The highest BCUT2D eigenvalue weighted by molar-refractivity contribution is 5.69. The summed E-state index contributed by atoms with van der Waals surface area (Å²) in [5, 5.41) is 0. The minimum atomic E-state index is -0.0673. The zero-order valence-electron chi connectivity index (χ0n) is 9.42. The van der Waals surface area contributed by atoms with Gasteiger partial charge in [0.15, 0.2) is 0 Å². The molecule has 0 aliphatic heterocycles. The van der Waals surface area contributed by atoms with Crippen molar-refractivity contribution >= 4 is 5.97 Å². The van der Waals surface area contributed by atoms with Crippen LogP contribution in [0.3, 0.4) is 0 Å². The first-order valence-corrected chi connectivity index (χ1v) is 5.56. The van der Waals surface area contributed by atoms with Gasteiger partial charge in [-0.1, -0.05) is 20.3 Å². The zero-order valence-corrected chi connectivity index (χ0v) is 9.42. The van der Waals surface area contributed by atoms with Crippen LogP contribution in [0.25, 0.3) is 0 Å². The van der Waals surface area contributed by atoms with E-state index in [-0.39, 0.29) is 5.97 Å².